The number of carbonyl (C=O) groups is 1. The fourth-order valence-corrected chi connectivity index (χ4v) is 14.1. The maximum absolute atomic E-state index is 11.8. The molecule has 20 heteroatoms. The van der Waals surface area contributed by atoms with E-state index in [0.29, 0.717) is 19.3 Å². The molecule has 4 aliphatic carbocycles. The van der Waals surface area contributed by atoms with Crippen LogP contribution in [0, 0.1) is 46.3 Å². The molecule has 4 heterocycles. The molecular formula is C48H78O20. The molecule has 3 saturated carbocycles. The second-order valence-corrected chi connectivity index (χ2v) is 21.9. The number of allylic oxidation sites excluding steroid dienone is 1. The molecule has 4 aliphatic heterocycles. The van der Waals surface area contributed by atoms with Gasteiger partial charge in [0.05, 0.1) is 37.6 Å². The molecule has 10 N–H and O–H groups in total. The number of aliphatic hydroxyl groups is 10. The van der Waals surface area contributed by atoms with Gasteiger partial charge in [0.25, 0.3) is 0 Å². The first-order valence-electron chi connectivity index (χ1n) is 24.8. The van der Waals surface area contributed by atoms with Crippen LogP contribution in [-0.4, -0.2) is 200 Å². The lowest BCUT2D eigenvalue weighted by Gasteiger charge is -2.60. The van der Waals surface area contributed by atoms with Gasteiger partial charge in [-0.1, -0.05) is 39.3 Å². The molecule has 0 bridgehead atoms. The highest BCUT2D eigenvalue weighted by atomic mass is 16.8. The molecule has 68 heavy (non-hydrogen) atoms. The lowest BCUT2D eigenvalue weighted by Crippen LogP contribution is -2.65. The van der Waals surface area contributed by atoms with Crippen molar-refractivity contribution in [1.29, 1.82) is 0 Å². The van der Waals surface area contributed by atoms with Crippen LogP contribution >= 0.6 is 0 Å². The van der Waals surface area contributed by atoms with Crippen LogP contribution in [0.3, 0.4) is 0 Å². The van der Waals surface area contributed by atoms with Gasteiger partial charge in [-0.05, 0) is 80.5 Å². The second-order valence-electron chi connectivity index (χ2n) is 21.9. The van der Waals surface area contributed by atoms with Gasteiger partial charge in [-0.15, -0.1) is 0 Å². The second kappa shape index (κ2) is 20.4. The summed E-state index contributed by atoms with van der Waals surface area (Å²) in [6, 6.07) is 0. The summed E-state index contributed by atoms with van der Waals surface area (Å²) in [5.74, 6) is -0.645. The van der Waals surface area contributed by atoms with Gasteiger partial charge in [-0.25, -0.2) is 0 Å². The van der Waals surface area contributed by atoms with Crippen molar-refractivity contribution in [2.45, 2.75) is 209 Å². The van der Waals surface area contributed by atoms with E-state index in [4.69, 9.17) is 42.6 Å². The van der Waals surface area contributed by atoms with E-state index in [2.05, 4.69) is 26.8 Å². The first-order valence-corrected chi connectivity index (χ1v) is 24.8. The largest absolute Gasteiger partial charge is 0.463 e. The molecular weight excluding hydrogens is 897 g/mol. The Morgan fingerprint density at radius 2 is 1.50 bits per heavy atom. The minimum absolute atomic E-state index is 0.0238. The van der Waals surface area contributed by atoms with Crippen molar-refractivity contribution in [2.75, 3.05) is 26.9 Å². The van der Waals surface area contributed by atoms with E-state index in [1.165, 1.54) is 13.8 Å². The van der Waals surface area contributed by atoms with Crippen LogP contribution in [0.2, 0.25) is 0 Å². The third kappa shape index (κ3) is 9.27. The summed E-state index contributed by atoms with van der Waals surface area (Å²) < 4.78 is 55.1. The highest BCUT2D eigenvalue weighted by Crippen LogP contribution is 2.70. The topological polar surface area (TPSA) is 302 Å². The molecule has 0 spiro atoms. The van der Waals surface area contributed by atoms with Gasteiger partial charge >= 0.3 is 5.97 Å². The summed E-state index contributed by atoms with van der Waals surface area (Å²) in [4.78, 5) is 11.8. The first-order chi connectivity index (χ1) is 32.1. The number of hydrogen-bond donors (Lipinski definition) is 10. The molecule has 4 saturated heterocycles. The van der Waals surface area contributed by atoms with Gasteiger partial charge in [-0.3, -0.25) is 4.79 Å². The summed E-state index contributed by atoms with van der Waals surface area (Å²) in [5, 5.41) is 107. The van der Waals surface area contributed by atoms with E-state index < -0.39 is 135 Å². The highest BCUT2D eigenvalue weighted by Gasteiger charge is 2.69. The van der Waals surface area contributed by atoms with E-state index in [1.807, 2.05) is 6.92 Å². The normalized spacial score (nSPS) is 52.8. The minimum Gasteiger partial charge on any atom is -0.463 e. The quantitative estimate of drug-likeness (QED) is 0.0765. The summed E-state index contributed by atoms with van der Waals surface area (Å²) in [7, 11) is 1.69. The summed E-state index contributed by atoms with van der Waals surface area (Å²) in [6.07, 6.45) is -15.5. The smallest absolute Gasteiger partial charge is 0.302 e. The van der Waals surface area contributed by atoms with Crippen LogP contribution in [0.1, 0.15) is 92.9 Å². The zero-order valence-corrected chi connectivity index (χ0v) is 40.3. The number of fused-ring (bicyclic) bond motifs is 7. The number of hydrogen-bond acceptors (Lipinski definition) is 20. The van der Waals surface area contributed by atoms with E-state index in [-0.39, 0.29) is 60.1 Å². The minimum atomic E-state index is -1.73. The third-order valence-electron chi connectivity index (χ3n) is 18.0. The van der Waals surface area contributed by atoms with Crippen molar-refractivity contribution < 1.29 is 98.5 Å². The van der Waals surface area contributed by atoms with Gasteiger partial charge in [0.1, 0.15) is 73.8 Å². The Balaban J connectivity index is 0.977. The molecule has 8 rings (SSSR count). The fourth-order valence-electron chi connectivity index (χ4n) is 14.1. The Bertz CT molecular complexity index is 1770. The monoisotopic (exact) mass is 975 g/mol. The van der Waals surface area contributed by atoms with E-state index in [9.17, 15) is 55.9 Å². The predicted octanol–water partition coefficient (Wildman–Crippen LogP) is -0.636. The van der Waals surface area contributed by atoms with Gasteiger partial charge in [0.2, 0.25) is 0 Å². The van der Waals surface area contributed by atoms with Gasteiger partial charge in [0, 0.05) is 38.2 Å². The Morgan fingerprint density at radius 1 is 0.824 bits per heavy atom. The van der Waals surface area contributed by atoms with Crippen molar-refractivity contribution in [3.8, 4) is 0 Å². The van der Waals surface area contributed by atoms with Crippen LogP contribution in [0.15, 0.2) is 11.6 Å². The average Bonchev–Trinajstić information content (AvgIpc) is 3.76. The zero-order chi connectivity index (χ0) is 49.4. The third-order valence-corrected chi connectivity index (χ3v) is 18.0. The Hall–Kier alpha value is -1.51. The zero-order valence-electron chi connectivity index (χ0n) is 40.3. The van der Waals surface area contributed by atoms with Crippen LogP contribution < -0.4 is 0 Å². The van der Waals surface area contributed by atoms with Gasteiger partial charge < -0.3 is 93.7 Å². The van der Waals surface area contributed by atoms with Crippen molar-refractivity contribution >= 4 is 5.97 Å². The van der Waals surface area contributed by atoms with E-state index >= 15 is 0 Å². The number of aliphatic hydroxyl groups excluding tert-OH is 10. The maximum atomic E-state index is 11.8. The van der Waals surface area contributed by atoms with Crippen molar-refractivity contribution in [3.05, 3.63) is 11.6 Å². The molecule has 7 fully saturated rings. The van der Waals surface area contributed by atoms with Gasteiger partial charge in [-0.2, -0.15) is 0 Å². The number of carbonyl (C=O) groups excluding carboxylic acids is 1. The average molecular weight is 975 g/mol. The molecule has 390 valence electrons. The Labute approximate surface area is 397 Å². The maximum Gasteiger partial charge on any atom is 0.302 e. The number of rotatable bonds is 14. The van der Waals surface area contributed by atoms with Crippen LogP contribution in [-0.2, 0) is 47.4 Å². The molecule has 8 aliphatic rings. The standard InChI is InChI=1S/C48H78O20/c1-20(18-62-43-40(58)38(56)35(53)30(17-49)64-43)10-13-48(60-7)21(2)33-29(68-48)16-28-26-9-8-24-14-25(51)15-32(47(24,6)27(26)11-12-46(28,33)5)66-45-42(39(57)36(54)31(65-45)19-61-23(4)50)67-44-41(59)37(55)34(52)22(3)63-44/h8,20-22,25-45,49,51-59H,9-19H2,1-7H3. The Kier molecular flexibility index (Phi) is 15.9. The van der Waals surface area contributed by atoms with Gasteiger partial charge in [0.15, 0.2) is 24.7 Å². The van der Waals surface area contributed by atoms with E-state index in [0.717, 1.165) is 31.3 Å². The molecule has 0 amide bonds. The van der Waals surface area contributed by atoms with Crippen molar-refractivity contribution in [1.82, 2.24) is 0 Å². The molecule has 0 aromatic rings. The van der Waals surface area contributed by atoms with E-state index in [1.54, 1.807) is 7.11 Å². The summed E-state index contributed by atoms with van der Waals surface area (Å²) in [5.41, 5.74) is 0.355. The molecule has 27 unspecified atom stereocenters. The predicted molar refractivity (Wildman–Crippen MR) is 233 cm³/mol. The molecule has 20 nitrogen and oxygen atoms in total. The van der Waals surface area contributed by atoms with Crippen LogP contribution in [0.5, 0.6) is 0 Å². The number of ether oxygens (including phenoxy) is 9. The SMILES string of the molecule is COC1(CCC(C)COC2OC(CO)C(O)C(O)C2O)OC2CC3C4CC=C5CC(O)CC(OC6OC(COC(C)=O)C(O)C(O)C6OC6OC(C)C(O)C(O)C6O)C5(C)C4CCC3(C)C2C1C. The fraction of sp³-hybridized carbons (Fsp3) is 0.938. The van der Waals surface area contributed by atoms with Crippen LogP contribution in [0.4, 0.5) is 0 Å². The lowest BCUT2D eigenvalue weighted by molar-refractivity contribution is -0.374. The summed E-state index contributed by atoms with van der Waals surface area (Å²) >= 11 is 0. The molecule has 0 aromatic heterocycles. The highest BCUT2D eigenvalue weighted by molar-refractivity contribution is 5.65. The molecule has 0 radical (unpaired) electrons. The summed E-state index contributed by atoms with van der Waals surface area (Å²) in [6.45, 7) is 10.7. The lowest BCUT2D eigenvalue weighted by atomic mass is 9.46. The number of methoxy groups -OCH3 is 1. The van der Waals surface area contributed by atoms with Crippen LogP contribution in [0.25, 0.3) is 0 Å². The molecule has 27 atom stereocenters. The van der Waals surface area contributed by atoms with Crippen molar-refractivity contribution in [2.24, 2.45) is 46.3 Å². The Morgan fingerprint density at radius 3 is 2.19 bits per heavy atom. The number of esters is 1. The van der Waals surface area contributed by atoms with Crippen molar-refractivity contribution in [3.63, 3.8) is 0 Å². The first kappa shape index (κ1) is 52.8. The molecule has 0 aromatic carbocycles.